The minimum atomic E-state index is -0.360. The monoisotopic (exact) mass is 362 g/mol. The summed E-state index contributed by atoms with van der Waals surface area (Å²) in [6, 6.07) is 5.58. The smallest absolute Gasteiger partial charge is 0.253 e. The number of carbonyl (C=O) groups excluding carboxylic acids is 2. The molecule has 5 nitrogen and oxygen atoms in total. The number of hydrogen-bond donors (Lipinski definition) is 0. The molecule has 3 rings (SSSR count). The van der Waals surface area contributed by atoms with Crippen molar-refractivity contribution in [2.24, 2.45) is 5.92 Å². The lowest BCUT2D eigenvalue weighted by atomic mass is 9.95. The van der Waals surface area contributed by atoms with Crippen LogP contribution in [0.1, 0.15) is 43.0 Å². The van der Waals surface area contributed by atoms with Crippen LogP contribution < -0.4 is 0 Å². The van der Waals surface area contributed by atoms with Gasteiger partial charge in [0.25, 0.3) is 5.91 Å². The fourth-order valence-corrected chi connectivity index (χ4v) is 3.81. The molecule has 0 radical (unpaired) electrons. The van der Waals surface area contributed by atoms with Gasteiger partial charge in [0.1, 0.15) is 5.82 Å². The normalized spacial score (nSPS) is 23.1. The molecule has 0 saturated carbocycles. The molecule has 2 atom stereocenters. The molecule has 2 saturated heterocycles. The average Bonchev–Trinajstić information content (AvgIpc) is 3.19. The molecular formula is C20H27FN2O3. The quantitative estimate of drug-likeness (QED) is 0.809. The molecule has 0 bridgehead atoms. The number of rotatable bonds is 5. The molecule has 2 aliphatic heterocycles. The van der Waals surface area contributed by atoms with E-state index in [-0.39, 0.29) is 29.7 Å². The maximum atomic E-state index is 13.1. The number of likely N-dealkylation sites (N-methyl/N-ethyl adjacent to an activating group) is 1. The van der Waals surface area contributed by atoms with Crippen molar-refractivity contribution in [2.45, 2.75) is 38.7 Å². The first kappa shape index (κ1) is 18.8. The summed E-state index contributed by atoms with van der Waals surface area (Å²) in [5, 5.41) is 0. The van der Waals surface area contributed by atoms with Gasteiger partial charge in [-0.25, -0.2) is 4.39 Å². The van der Waals surface area contributed by atoms with E-state index in [1.807, 2.05) is 11.8 Å². The number of ether oxygens (including phenoxy) is 1. The van der Waals surface area contributed by atoms with Crippen LogP contribution in [-0.2, 0) is 9.53 Å². The van der Waals surface area contributed by atoms with Crippen LogP contribution in [0.15, 0.2) is 24.3 Å². The predicted molar refractivity (Wildman–Crippen MR) is 96.3 cm³/mol. The van der Waals surface area contributed by atoms with Crippen molar-refractivity contribution in [3.63, 3.8) is 0 Å². The highest BCUT2D eigenvalue weighted by molar-refractivity contribution is 5.94. The third-order valence-corrected chi connectivity index (χ3v) is 5.29. The van der Waals surface area contributed by atoms with E-state index in [1.165, 1.54) is 24.3 Å². The van der Waals surface area contributed by atoms with E-state index in [1.54, 1.807) is 4.90 Å². The van der Waals surface area contributed by atoms with Gasteiger partial charge in [0.2, 0.25) is 5.91 Å². The first-order chi connectivity index (χ1) is 12.6. The molecule has 2 fully saturated rings. The zero-order valence-electron chi connectivity index (χ0n) is 15.3. The minimum Gasteiger partial charge on any atom is -0.376 e. The van der Waals surface area contributed by atoms with Gasteiger partial charge in [-0.2, -0.15) is 0 Å². The molecule has 26 heavy (non-hydrogen) atoms. The number of carbonyl (C=O) groups is 2. The molecule has 6 heteroatoms. The van der Waals surface area contributed by atoms with E-state index in [9.17, 15) is 14.0 Å². The molecule has 2 heterocycles. The van der Waals surface area contributed by atoms with Crippen molar-refractivity contribution in [1.82, 2.24) is 9.80 Å². The molecule has 0 N–H and O–H groups in total. The van der Waals surface area contributed by atoms with Gasteiger partial charge in [-0.15, -0.1) is 0 Å². The van der Waals surface area contributed by atoms with Crippen LogP contribution in [0, 0.1) is 11.7 Å². The maximum absolute atomic E-state index is 13.1. The van der Waals surface area contributed by atoms with E-state index >= 15 is 0 Å². The van der Waals surface area contributed by atoms with E-state index < -0.39 is 0 Å². The SMILES string of the molecule is CCN(CC1CCCO1)C(=O)C1CCCN(C(=O)c2ccc(F)cc2)C1. The van der Waals surface area contributed by atoms with E-state index in [4.69, 9.17) is 4.74 Å². The Kier molecular flexibility index (Phi) is 6.25. The Hall–Kier alpha value is -1.95. The van der Waals surface area contributed by atoms with Gasteiger partial charge >= 0.3 is 0 Å². The topological polar surface area (TPSA) is 49.9 Å². The first-order valence-corrected chi connectivity index (χ1v) is 9.53. The van der Waals surface area contributed by atoms with Gasteiger partial charge in [0.15, 0.2) is 0 Å². The van der Waals surface area contributed by atoms with Crippen molar-refractivity contribution >= 4 is 11.8 Å². The van der Waals surface area contributed by atoms with Gasteiger partial charge in [-0.1, -0.05) is 0 Å². The number of benzene rings is 1. The lowest BCUT2D eigenvalue weighted by molar-refractivity contribution is -0.138. The molecule has 1 aromatic carbocycles. The second kappa shape index (κ2) is 8.62. The first-order valence-electron chi connectivity index (χ1n) is 9.53. The van der Waals surface area contributed by atoms with Gasteiger partial charge in [0, 0.05) is 38.3 Å². The Balaban J connectivity index is 1.61. The van der Waals surface area contributed by atoms with Crippen molar-refractivity contribution in [3.05, 3.63) is 35.6 Å². The number of nitrogens with zero attached hydrogens (tertiary/aromatic N) is 2. The van der Waals surface area contributed by atoms with Gasteiger partial charge in [0.05, 0.1) is 12.0 Å². The average molecular weight is 362 g/mol. The van der Waals surface area contributed by atoms with Crippen LogP contribution in [0.4, 0.5) is 4.39 Å². The third kappa shape index (κ3) is 4.41. The van der Waals surface area contributed by atoms with Crippen LogP contribution in [0.3, 0.4) is 0 Å². The van der Waals surface area contributed by atoms with Crippen LogP contribution in [-0.4, -0.2) is 60.5 Å². The summed E-state index contributed by atoms with van der Waals surface area (Å²) >= 11 is 0. The summed E-state index contributed by atoms with van der Waals surface area (Å²) in [6.45, 7) is 5.12. The summed E-state index contributed by atoms with van der Waals surface area (Å²) in [6.07, 6.45) is 3.80. The highest BCUT2D eigenvalue weighted by Gasteiger charge is 2.32. The van der Waals surface area contributed by atoms with Crippen molar-refractivity contribution < 1.29 is 18.7 Å². The zero-order valence-corrected chi connectivity index (χ0v) is 15.3. The number of hydrogen-bond acceptors (Lipinski definition) is 3. The predicted octanol–water partition coefficient (Wildman–Crippen LogP) is 2.71. The second-order valence-electron chi connectivity index (χ2n) is 7.11. The molecule has 142 valence electrons. The number of likely N-dealkylation sites (tertiary alicyclic amines) is 1. The lowest BCUT2D eigenvalue weighted by Gasteiger charge is -2.35. The lowest BCUT2D eigenvalue weighted by Crippen LogP contribution is -2.48. The van der Waals surface area contributed by atoms with Crippen molar-refractivity contribution in [3.8, 4) is 0 Å². The Morgan fingerprint density at radius 3 is 2.65 bits per heavy atom. The molecular weight excluding hydrogens is 335 g/mol. The number of amides is 2. The summed E-state index contributed by atoms with van der Waals surface area (Å²) in [4.78, 5) is 29.2. The van der Waals surface area contributed by atoms with E-state index in [0.29, 0.717) is 31.7 Å². The number of piperidine rings is 1. The number of halogens is 1. The Morgan fingerprint density at radius 1 is 1.23 bits per heavy atom. The van der Waals surface area contributed by atoms with Gasteiger partial charge < -0.3 is 14.5 Å². The fraction of sp³-hybridized carbons (Fsp3) is 0.600. The van der Waals surface area contributed by atoms with E-state index in [0.717, 1.165) is 32.3 Å². The zero-order chi connectivity index (χ0) is 18.5. The molecule has 2 unspecified atom stereocenters. The molecule has 0 aromatic heterocycles. The molecule has 2 amide bonds. The van der Waals surface area contributed by atoms with E-state index in [2.05, 4.69) is 0 Å². The van der Waals surface area contributed by atoms with Crippen molar-refractivity contribution in [2.75, 3.05) is 32.8 Å². The maximum Gasteiger partial charge on any atom is 0.253 e. The molecule has 2 aliphatic rings. The molecule has 0 aliphatic carbocycles. The van der Waals surface area contributed by atoms with Crippen LogP contribution in [0.25, 0.3) is 0 Å². The highest BCUT2D eigenvalue weighted by Crippen LogP contribution is 2.22. The minimum absolute atomic E-state index is 0.111. The summed E-state index contributed by atoms with van der Waals surface area (Å²) < 4.78 is 18.7. The Morgan fingerprint density at radius 2 is 2.00 bits per heavy atom. The Bertz CT molecular complexity index is 628. The summed E-state index contributed by atoms with van der Waals surface area (Å²) in [5.41, 5.74) is 0.464. The Labute approximate surface area is 154 Å². The van der Waals surface area contributed by atoms with Crippen LogP contribution >= 0.6 is 0 Å². The standard InChI is InChI=1S/C20H27FN2O3/c1-2-22(14-18-6-4-12-26-18)20(25)16-5-3-11-23(13-16)19(24)15-7-9-17(21)10-8-15/h7-10,16,18H,2-6,11-14H2,1H3. The fourth-order valence-electron chi connectivity index (χ4n) is 3.81. The second-order valence-corrected chi connectivity index (χ2v) is 7.11. The van der Waals surface area contributed by atoms with Crippen LogP contribution in [0.2, 0.25) is 0 Å². The highest BCUT2D eigenvalue weighted by atomic mass is 19.1. The molecule has 1 aromatic rings. The summed E-state index contributed by atoms with van der Waals surface area (Å²) in [7, 11) is 0. The van der Waals surface area contributed by atoms with Crippen molar-refractivity contribution in [1.29, 1.82) is 0 Å². The molecule has 0 spiro atoms. The van der Waals surface area contributed by atoms with Crippen LogP contribution in [0.5, 0.6) is 0 Å². The van der Waals surface area contributed by atoms with Gasteiger partial charge in [-0.05, 0) is 56.9 Å². The van der Waals surface area contributed by atoms with Gasteiger partial charge in [-0.3, -0.25) is 9.59 Å². The third-order valence-electron chi connectivity index (χ3n) is 5.29. The summed E-state index contributed by atoms with van der Waals surface area (Å²) in [5.74, 6) is -0.556. The largest absolute Gasteiger partial charge is 0.376 e.